The van der Waals surface area contributed by atoms with E-state index in [0.29, 0.717) is 0 Å². The minimum Gasteiger partial charge on any atom is -0.309 e. The van der Waals surface area contributed by atoms with Crippen LogP contribution in [0.25, 0.3) is 220 Å². The number of benzene rings is 18. The summed E-state index contributed by atoms with van der Waals surface area (Å²) >= 11 is 0. The van der Waals surface area contributed by atoms with E-state index in [1.807, 2.05) is 0 Å². The van der Waals surface area contributed by atoms with Crippen LogP contribution < -0.4 is 0 Å². The maximum atomic E-state index is 2.48. The summed E-state index contributed by atoms with van der Waals surface area (Å²) in [4.78, 5) is 0. The van der Waals surface area contributed by atoms with Crippen molar-refractivity contribution in [3.8, 4) is 89.5 Å². The zero-order chi connectivity index (χ0) is 67.8. The molecule has 18 aromatic carbocycles. The van der Waals surface area contributed by atoms with E-state index in [4.69, 9.17) is 0 Å². The lowest BCUT2D eigenvalue weighted by atomic mass is 9.99. The van der Waals surface area contributed by atoms with Crippen LogP contribution in [0.4, 0.5) is 0 Å². The molecule has 2 aliphatic carbocycles. The minimum absolute atomic E-state index is 1.17. The molecular weight excluding hydrogens is 1260 g/mol. The third kappa shape index (κ3) is 8.07. The molecule has 4 heteroatoms. The summed E-state index contributed by atoms with van der Waals surface area (Å²) in [7, 11) is 0. The average Bonchev–Trinajstić information content (AvgIpc) is 1.57. The first-order valence-electron chi connectivity index (χ1n) is 36.1. The van der Waals surface area contributed by atoms with Gasteiger partial charge in [0.05, 0.1) is 55.5 Å². The van der Waals surface area contributed by atoms with Gasteiger partial charge in [0.25, 0.3) is 0 Å². The summed E-state index contributed by atoms with van der Waals surface area (Å²) in [6, 6.07) is 134. The number of fused-ring (bicyclic) bond motifs is 22. The Hall–Kier alpha value is -13.8. The van der Waals surface area contributed by atoms with Crippen LogP contribution in [-0.2, 0) is 0 Å². The van der Waals surface area contributed by atoms with Crippen LogP contribution in [0.1, 0.15) is 0 Å². The van der Waals surface area contributed by atoms with E-state index in [1.54, 1.807) is 0 Å². The van der Waals surface area contributed by atoms with Crippen LogP contribution in [-0.4, -0.2) is 18.3 Å². The van der Waals surface area contributed by atoms with E-state index >= 15 is 0 Å². The maximum Gasteiger partial charge on any atom is 0.0619 e. The Kier molecular flexibility index (Phi) is 12.0. The second-order valence-corrected chi connectivity index (χ2v) is 28.2. The molecule has 2 aliphatic rings. The fourth-order valence-electron chi connectivity index (χ4n) is 18.4. The van der Waals surface area contributed by atoms with Crippen LogP contribution in [0.3, 0.4) is 0 Å². The van der Waals surface area contributed by atoms with E-state index in [1.165, 1.54) is 220 Å². The minimum atomic E-state index is 1.17. The van der Waals surface area contributed by atoms with Crippen LogP contribution in [0.2, 0.25) is 0 Å². The van der Waals surface area contributed by atoms with Gasteiger partial charge in [-0.3, -0.25) is 0 Å². The van der Waals surface area contributed by atoms with Gasteiger partial charge in [0.15, 0.2) is 0 Å². The molecule has 0 saturated carbocycles. The van der Waals surface area contributed by atoms with Crippen molar-refractivity contribution in [1.82, 2.24) is 18.3 Å². The smallest absolute Gasteiger partial charge is 0.0619 e. The Bertz CT molecular complexity index is 7400. The van der Waals surface area contributed by atoms with E-state index in [9.17, 15) is 0 Å². The van der Waals surface area contributed by atoms with Crippen molar-refractivity contribution in [3.63, 3.8) is 0 Å². The van der Waals surface area contributed by atoms with Gasteiger partial charge in [-0.15, -0.1) is 0 Å². The second-order valence-electron chi connectivity index (χ2n) is 28.2. The van der Waals surface area contributed by atoms with Gasteiger partial charge in [0.1, 0.15) is 0 Å². The number of para-hydroxylation sites is 4. The quantitative estimate of drug-likeness (QED) is 0.158. The molecule has 4 nitrogen and oxygen atoms in total. The molecule has 4 heterocycles. The molecule has 0 amide bonds. The molecule has 24 rings (SSSR count). The molecule has 0 N–H and O–H groups in total. The molecule has 0 unspecified atom stereocenters. The molecule has 0 saturated heterocycles. The first kappa shape index (κ1) is 57.0. The molecule has 0 bridgehead atoms. The first-order valence-corrected chi connectivity index (χ1v) is 36.1. The molecule has 0 aliphatic heterocycles. The third-order valence-corrected chi connectivity index (χ3v) is 22.9. The van der Waals surface area contributed by atoms with Crippen molar-refractivity contribution in [1.29, 1.82) is 0 Å². The second kappa shape index (κ2) is 21.9. The molecular formula is C100H60N4. The van der Waals surface area contributed by atoms with Crippen molar-refractivity contribution in [2.45, 2.75) is 0 Å². The van der Waals surface area contributed by atoms with Crippen molar-refractivity contribution < 1.29 is 0 Å². The summed E-state index contributed by atoms with van der Waals surface area (Å²) in [6.07, 6.45) is 0. The molecule has 0 radical (unpaired) electrons. The average molecular weight is 1320 g/mol. The zero-order valence-corrected chi connectivity index (χ0v) is 56.4. The van der Waals surface area contributed by atoms with Crippen LogP contribution in [0.5, 0.6) is 0 Å². The third-order valence-electron chi connectivity index (χ3n) is 22.9. The first-order chi connectivity index (χ1) is 51.6. The van der Waals surface area contributed by atoms with E-state index in [2.05, 4.69) is 382 Å². The monoisotopic (exact) mass is 1320 g/mol. The lowest BCUT2D eigenvalue weighted by molar-refractivity contribution is 1.18. The number of nitrogens with zero attached hydrogens (tertiary/aromatic N) is 4. The van der Waals surface area contributed by atoms with Gasteiger partial charge >= 0.3 is 0 Å². The fraction of sp³-hybridized carbons (Fsp3) is 0. The standard InChI is InChI=1S/2C50H30N2/c1-2-12-34(13-3-1)51-47-26-23-33(30-43(47)50-35-14-5-4-11-31(35)21-27-48(50)51)32-22-25-46-42(29-32)38-17-8-9-20-44(38)52(46)45-28-24-40-37-16-7-6-15-36(37)39-18-10-19-41(45)49(39)40;1-2-12-34(13-3-1)51-47-26-22-33(30-44(47)41-24-21-31-11-4-5-14-35(31)50(41)51)32-23-27-48-43(29-32)38-17-8-9-20-45(38)52(48)46-28-25-40-37-16-7-6-15-36(37)39-18-10-19-42(46)49(39)40/h2*1-30H. The van der Waals surface area contributed by atoms with Crippen molar-refractivity contribution >= 4 is 130 Å². The van der Waals surface area contributed by atoms with Gasteiger partial charge in [-0.25, -0.2) is 0 Å². The van der Waals surface area contributed by atoms with E-state index < -0.39 is 0 Å². The number of rotatable bonds is 6. The van der Waals surface area contributed by atoms with E-state index in [0.717, 1.165) is 0 Å². The summed E-state index contributed by atoms with van der Waals surface area (Å²) < 4.78 is 9.80. The van der Waals surface area contributed by atoms with Gasteiger partial charge in [-0.2, -0.15) is 0 Å². The van der Waals surface area contributed by atoms with Crippen LogP contribution in [0, 0.1) is 0 Å². The highest BCUT2D eigenvalue weighted by Crippen LogP contribution is 2.52. The van der Waals surface area contributed by atoms with Crippen molar-refractivity contribution in [3.05, 3.63) is 364 Å². The normalized spacial score (nSPS) is 12.2. The van der Waals surface area contributed by atoms with Gasteiger partial charge in [0.2, 0.25) is 0 Å². The lowest BCUT2D eigenvalue weighted by Gasteiger charge is -2.13. The number of hydrogen-bond donors (Lipinski definition) is 0. The largest absolute Gasteiger partial charge is 0.309 e. The Morgan fingerprint density at radius 3 is 1.02 bits per heavy atom. The predicted octanol–water partition coefficient (Wildman–Crippen LogP) is 27.0. The maximum absolute atomic E-state index is 2.48. The Morgan fingerprint density at radius 2 is 0.500 bits per heavy atom. The molecule has 480 valence electrons. The highest BCUT2D eigenvalue weighted by atomic mass is 15.0. The van der Waals surface area contributed by atoms with Crippen LogP contribution >= 0.6 is 0 Å². The Balaban J connectivity index is 0.000000127. The van der Waals surface area contributed by atoms with Crippen molar-refractivity contribution in [2.75, 3.05) is 0 Å². The summed E-state index contributed by atoms with van der Waals surface area (Å²) in [6.45, 7) is 0. The topological polar surface area (TPSA) is 19.7 Å². The van der Waals surface area contributed by atoms with Gasteiger partial charge in [-0.05, 0) is 197 Å². The molecule has 0 spiro atoms. The SMILES string of the molecule is c1ccc(-n2c3ccc(-c4ccc5c(c4)c4ccccc4n5-c4ccc5c6c(cccc46)-c4ccccc4-5)cc3c3c4ccccc4ccc32)cc1.c1ccc(-n2c3ccc(-c4ccc5c(c4)c4ccccc4n5-c4ccc5c6c(cccc46)-c4ccccc4-5)cc3c3ccc4ccccc4c32)cc1. The van der Waals surface area contributed by atoms with E-state index in [-0.39, 0.29) is 0 Å². The highest BCUT2D eigenvalue weighted by molar-refractivity contribution is 6.25. The fourth-order valence-corrected chi connectivity index (χ4v) is 18.4. The number of hydrogen-bond acceptors (Lipinski definition) is 0. The Morgan fingerprint density at radius 1 is 0.154 bits per heavy atom. The highest BCUT2D eigenvalue weighted by Gasteiger charge is 2.27. The lowest BCUT2D eigenvalue weighted by Crippen LogP contribution is -1.95. The zero-order valence-electron chi connectivity index (χ0n) is 56.4. The number of aromatic nitrogens is 4. The van der Waals surface area contributed by atoms with Gasteiger partial charge in [-0.1, -0.05) is 261 Å². The van der Waals surface area contributed by atoms with Gasteiger partial charge < -0.3 is 18.3 Å². The van der Waals surface area contributed by atoms with Crippen molar-refractivity contribution in [2.24, 2.45) is 0 Å². The summed E-state index contributed by atoms with van der Waals surface area (Å²) in [5.74, 6) is 0. The predicted molar refractivity (Wildman–Crippen MR) is 440 cm³/mol. The summed E-state index contributed by atoms with van der Waals surface area (Å²) in [5, 5.41) is 20.5. The van der Waals surface area contributed by atoms with Crippen LogP contribution in [0.15, 0.2) is 364 Å². The van der Waals surface area contributed by atoms with Gasteiger partial charge in [0, 0.05) is 70.6 Å². The molecule has 22 aromatic rings. The molecule has 0 atom stereocenters. The Labute approximate surface area is 598 Å². The summed E-state index contributed by atoms with van der Waals surface area (Å²) in [5.41, 5.74) is 30.0. The molecule has 0 fully saturated rings. The molecule has 4 aromatic heterocycles. The molecule has 104 heavy (non-hydrogen) atoms.